The lowest BCUT2D eigenvalue weighted by Crippen LogP contribution is -2.40. The summed E-state index contributed by atoms with van der Waals surface area (Å²) in [6.07, 6.45) is 3.52. The van der Waals surface area contributed by atoms with Crippen molar-refractivity contribution >= 4 is 17.2 Å². The van der Waals surface area contributed by atoms with E-state index in [0.717, 1.165) is 23.3 Å². The summed E-state index contributed by atoms with van der Waals surface area (Å²) in [4.78, 5) is 27.3. The second-order valence-electron chi connectivity index (χ2n) is 6.32. The Bertz CT molecular complexity index is 754. The maximum absolute atomic E-state index is 12.6. The van der Waals surface area contributed by atoms with Crippen molar-refractivity contribution in [2.45, 2.75) is 44.9 Å². The fourth-order valence-electron chi connectivity index (χ4n) is 3.24. The van der Waals surface area contributed by atoms with Crippen LogP contribution in [0.2, 0.25) is 0 Å². The van der Waals surface area contributed by atoms with Gasteiger partial charge in [0.1, 0.15) is 6.54 Å². The van der Waals surface area contributed by atoms with Gasteiger partial charge in [0, 0.05) is 29.7 Å². The normalized spacial score (nSPS) is 18.8. The van der Waals surface area contributed by atoms with Gasteiger partial charge in [0.05, 0.1) is 6.10 Å². The first-order chi connectivity index (χ1) is 11.5. The maximum atomic E-state index is 12.6. The van der Waals surface area contributed by atoms with Crippen molar-refractivity contribution < 1.29 is 9.90 Å². The molecule has 1 amide bonds. The first-order valence-electron chi connectivity index (χ1n) is 8.22. The van der Waals surface area contributed by atoms with Gasteiger partial charge in [0.15, 0.2) is 0 Å². The monoisotopic (exact) mass is 346 g/mol. The minimum atomic E-state index is -0.537. The Labute approximate surface area is 145 Å². The van der Waals surface area contributed by atoms with Crippen LogP contribution in [0.3, 0.4) is 0 Å². The lowest BCUT2D eigenvalue weighted by Gasteiger charge is -2.26. The van der Waals surface area contributed by atoms with Gasteiger partial charge < -0.3 is 14.6 Å². The summed E-state index contributed by atoms with van der Waals surface area (Å²) in [7, 11) is 0. The molecule has 0 bridgehead atoms. The molecule has 3 rings (SSSR count). The summed E-state index contributed by atoms with van der Waals surface area (Å²) in [5.41, 5.74) is 0.736. The van der Waals surface area contributed by atoms with Crippen molar-refractivity contribution in [3.63, 3.8) is 0 Å². The van der Waals surface area contributed by atoms with Crippen molar-refractivity contribution in [3.05, 3.63) is 56.6 Å². The number of likely N-dealkylation sites (tertiary alicyclic amines) is 1. The second kappa shape index (κ2) is 7.32. The quantitative estimate of drug-likeness (QED) is 0.904. The smallest absolute Gasteiger partial charge is 0.251 e. The number of nitrogens with zero attached hydrogens (tertiary/aromatic N) is 2. The number of thiophene rings is 1. The van der Waals surface area contributed by atoms with E-state index in [-0.39, 0.29) is 24.1 Å². The molecule has 1 aliphatic heterocycles. The summed E-state index contributed by atoms with van der Waals surface area (Å²) in [5, 5.41) is 12.3. The maximum Gasteiger partial charge on any atom is 0.251 e. The molecule has 24 heavy (non-hydrogen) atoms. The van der Waals surface area contributed by atoms with Crippen LogP contribution >= 0.6 is 11.3 Å². The molecule has 2 aromatic rings. The highest BCUT2D eigenvalue weighted by atomic mass is 32.1. The number of rotatable bonds is 5. The van der Waals surface area contributed by atoms with Gasteiger partial charge in [-0.2, -0.15) is 0 Å². The molecule has 1 fully saturated rings. The topological polar surface area (TPSA) is 62.5 Å². The zero-order chi connectivity index (χ0) is 17.1. The van der Waals surface area contributed by atoms with Gasteiger partial charge in [-0.1, -0.05) is 6.07 Å². The van der Waals surface area contributed by atoms with E-state index in [0.29, 0.717) is 13.0 Å². The van der Waals surface area contributed by atoms with E-state index in [2.05, 4.69) is 0 Å². The van der Waals surface area contributed by atoms with Crippen molar-refractivity contribution in [2.75, 3.05) is 6.54 Å². The third-order valence-corrected chi connectivity index (χ3v) is 5.50. The van der Waals surface area contributed by atoms with Crippen LogP contribution in [0.1, 0.15) is 35.8 Å². The number of carbonyl (C=O) groups excluding carboxylic acids is 1. The molecule has 0 aliphatic carbocycles. The average Bonchev–Trinajstić information content (AvgIpc) is 3.21. The summed E-state index contributed by atoms with van der Waals surface area (Å²) >= 11 is 1.53. The molecular weight excluding hydrogens is 324 g/mol. The Balaban J connectivity index is 1.66. The minimum absolute atomic E-state index is 0.0377. The van der Waals surface area contributed by atoms with Gasteiger partial charge in [0.25, 0.3) is 5.56 Å². The number of aromatic nitrogens is 1. The molecule has 1 N–H and O–H groups in total. The highest BCUT2D eigenvalue weighted by Crippen LogP contribution is 2.29. The Kier molecular flexibility index (Phi) is 5.16. The number of aliphatic hydroxyl groups excluding tert-OH is 1. The fraction of sp³-hybridized carbons (Fsp3) is 0.444. The molecular formula is C18H22N2O3S. The molecule has 0 unspecified atom stereocenters. The van der Waals surface area contributed by atoms with Gasteiger partial charge in [-0.3, -0.25) is 9.59 Å². The van der Waals surface area contributed by atoms with Crippen molar-refractivity contribution in [3.8, 4) is 0 Å². The standard InChI is InChI=1S/C18H22N2O3S/c1-13-6-8-19(17(22)10-13)12-18(23)20-7-2-4-14(20)11-15(21)16-5-3-9-24-16/h3,5-6,8-10,14-15,21H,2,4,7,11-12H2,1H3/t14-,15-/m1/s1. The van der Waals surface area contributed by atoms with Gasteiger partial charge in [-0.25, -0.2) is 0 Å². The van der Waals surface area contributed by atoms with Gasteiger partial charge in [0.2, 0.25) is 5.91 Å². The third-order valence-electron chi connectivity index (χ3n) is 4.52. The predicted octanol–water partition coefficient (Wildman–Crippen LogP) is 2.33. The van der Waals surface area contributed by atoms with Crippen LogP contribution in [0.4, 0.5) is 0 Å². The number of hydrogen-bond donors (Lipinski definition) is 1. The number of carbonyl (C=O) groups is 1. The molecule has 0 saturated carbocycles. The minimum Gasteiger partial charge on any atom is -0.387 e. The molecule has 2 aromatic heterocycles. The van der Waals surface area contributed by atoms with Crippen LogP contribution in [0.15, 0.2) is 40.6 Å². The van der Waals surface area contributed by atoms with Gasteiger partial charge in [-0.15, -0.1) is 11.3 Å². The van der Waals surface area contributed by atoms with E-state index < -0.39 is 6.10 Å². The predicted molar refractivity (Wildman–Crippen MR) is 94.1 cm³/mol. The highest BCUT2D eigenvalue weighted by Gasteiger charge is 2.30. The van der Waals surface area contributed by atoms with E-state index in [1.807, 2.05) is 35.4 Å². The van der Waals surface area contributed by atoms with Gasteiger partial charge in [-0.05, 0) is 49.3 Å². The van der Waals surface area contributed by atoms with Crippen molar-refractivity contribution in [1.82, 2.24) is 9.47 Å². The van der Waals surface area contributed by atoms with Crippen molar-refractivity contribution in [2.24, 2.45) is 0 Å². The number of amides is 1. The van der Waals surface area contributed by atoms with E-state index in [9.17, 15) is 14.7 Å². The average molecular weight is 346 g/mol. The third kappa shape index (κ3) is 3.76. The first kappa shape index (κ1) is 16.9. The van der Waals surface area contributed by atoms with Crippen LogP contribution < -0.4 is 5.56 Å². The SMILES string of the molecule is Cc1ccn(CC(=O)N2CCC[C@@H]2C[C@@H](O)c2cccs2)c(=O)c1. The van der Waals surface area contributed by atoms with Gasteiger partial charge >= 0.3 is 0 Å². The molecule has 0 radical (unpaired) electrons. The Morgan fingerprint density at radius 3 is 3.00 bits per heavy atom. The number of pyridine rings is 1. The highest BCUT2D eigenvalue weighted by molar-refractivity contribution is 7.10. The fourth-order valence-corrected chi connectivity index (χ4v) is 3.96. The van der Waals surface area contributed by atoms with Crippen LogP contribution in [0.25, 0.3) is 0 Å². The number of aryl methyl sites for hydroxylation is 1. The number of aliphatic hydroxyl groups is 1. The van der Waals surface area contributed by atoms with Crippen LogP contribution in [-0.2, 0) is 11.3 Å². The zero-order valence-corrected chi connectivity index (χ0v) is 14.5. The molecule has 128 valence electrons. The molecule has 0 aromatic carbocycles. The summed E-state index contributed by atoms with van der Waals surface area (Å²) in [6, 6.07) is 7.24. The van der Waals surface area contributed by atoms with E-state index in [1.54, 1.807) is 6.20 Å². The zero-order valence-electron chi connectivity index (χ0n) is 13.7. The Morgan fingerprint density at radius 2 is 2.29 bits per heavy atom. The Morgan fingerprint density at radius 1 is 1.46 bits per heavy atom. The molecule has 6 heteroatoms. The molecule has 1 saturated heterocycles. The molecule has 2 atom stereocenters. The van der Waals surface area contributed by atoms with Crippen LogP contribution in [0.5, 0.6) is 0 Å². The van der Waals surface area contributed by atoms with Crippen molar-refractivity contribution in [1.29, 1.82) is 0 Å². The lowest BCUT2D eigenvalue weighted by molar-refractivity contribution is -0.133. The largest absolute Gasteiger partial charge is 0.387 e. The first-order valence-corrected chi connectivity index (χ1v) is 9.10. The molecule has 1 aliphatic rings. The second-order valence-corrected chi connectivity index (χ2v) is 7.30. The lowest BCUT2D eigenvalue weighted by atomic mass is 10.1. The van der Waals surface area contributed by atoms with Crippen LogP contribution in [0, 0.1) is 6.92 Å². The summed E-state index contributed by atoms with van der Waals surface area (Å²) in [5.74, 6) is -0.0539. The van der Waals surface area contributed by atoms with E-state index >= 15 is 0 Å². The molecule has 5 nitrogen and oxygen atoms in total. The summed E-state index contributed by atoms with van der Waals surface area (Å²) in [6.45, 7) is 2.61. The molecule has 0 spiro atoms. The Hall–Kier alpha value is -1.92. The van der Waals surface area contributed by atoms with E-state index in [4.69, 9.17) is 0 Å². The van der Waals surface area contributed by atoms with E-state index in [1.165, 1.54) is 22.0 Å². The summed E-state index contributed by atoms with van der Waals surface area (Å²) < 4.78 is 1.44. The molecule has 3 heterocycles. The number of hydrogen-bond acceptors (Lipinski definition) is 4. The van der Waals surface area contributed by atoms with Crippen LogP contribution in [-0.4, -0.2) is 33.1 Å².